The molecule has 1 saturated carbocycles. The zero-order valence-corrected chi connectivity index (χ0v) is 10.7. The van der Waals surface area contributed by atoms with E-state index in [-0.39, 0.29) is 5.54 Å². The number of benzene rings is 1. The topological polar surface area (TPSA) is 3.24 Å². The van der Waals surface area contributed by atoms with Crippen LogP contribution >= 0.6 is 0 Å². The van der Waals surface area contributed by atoms with E-state index in [9.17, 15) is 0 Å². The molecule has 1 aromatic rings. The number of hydrogen-bond donors (Lipinski definition) is 0. The Labute approximate surface area is 99.5 Å². The Morgan fingerprint density at radius 1 is 1.06 bits per heavy atom. The predicted octanol–water partition coefficient (Wildman–Crippen LogP) is 3.65. The van der Waals surface area contributed by atoms with Gasteiger partial charge in [0, 0.05) is 5.54 Å². The van der Waals surface area contributed by atoms with Gasteiger partial charge in [-0.15, -0.1) is 0 Å². The van der Waals surface area contributed by atoms with E-state index in [2.05, 4.69) is 56.3 Å². The third kappa shape index (κ3) is 2.01. The Morgan fingerprint density at radius 3 is 2.12 bits per heavy atom. The van der Waals surface area contributed by atoms with E-state index in [1.807, 2.05) is 0 Å². The SMILES string of the molecule is CC1CCC(c2ccccc2)(N(C)C)CC1. The van der Waals surface area contributed by atoms with Crippen LogP contribution in [0.5, 0.6) is 0 Å². The summed E-state index contributed by atoms with van der Waals surface area (Å²) in [6.07, 6.45) is 5.30. The van der Waals surface area contributed by atoms with E-state index in [0.717, 1.165) is 5.92 Å². The van der Waals surface area contributed by atoms with Gasteiger partial charge in [0.15, 0.2) is 0 Å². The van der Waals surface area contributed by atoms with Crippen LogP contribution in [0.1, 0.15) is 38.2 Å². The number of nitrogens with zero attached hydrogens (tertiary/aromatic N) is 1. The molecule has 0 spiro atoms. The third-order valence-electron chi connectivity index (χ3n) is 4.27. The third-order valence-corrected chi connectivity index (χ3v) is 4.27. The first kappa shape index (κ1) is 11.7. The highest BCUT2D eigenvalue weighted by Crippen LogP contribution is 2.42. The highest BCUT2D eigenvalue weighted by Gasteiger charge is 2.37. The quantitative estimate of drug-likeness (QED) is 0.731. The zero-order valence-electron chi connectivity index (χ0n) is 10.7. The highest BCUT2D eigenvalue weighted by molar-refractivity contribution is 5.25. The molecule has 0 aromatic heterocycles. The molecular formula is C15H23N. The summed E-state index contributed by atoms with van der Waals surface area (Å²) in [7, 11) is 4.45. The molecule has 2 rings (SSSR count). The van der Waals surface area contributed by atoms with Crippen LogP contribution in [-0.4, -0.2) is 19.0 Å². The molecule has 0 atom stereocenters. The van der Waals surface area contributed by atoms with Crippen molar-refractivity contribution in [2.24, 2.45) is 5.92 Å². The summed E-state index contributed by atoms with van der Waals surface area (Å²) in [6, 6.07) is 11.0. The lowest BCUT2D eigenvalue weighted by atomic mass is 9.72. The van der Waals surface area contributed by atoms with Crippen LogP contribution in [-0.2, 0) is 5.54 Å². The van der Waals surface area contributed by atoms with Gasteiger partial charge in [0.1, 0.15) is 0 Å². The zero-order chi connectivity index (χ0) is 11.6. The van der Waals surface area contributed by atoms with Crippen LogP contribution in [0, 0.1) is 5.92 Å². The molecule has 1 aliphatic carbocycles. The van der Waals surface area contributed by atoms with Crippen LogP contribution < -0.4 is 0 Å². The van der Waals surface area contributed by atoms with E-state index < -0.39 is 0 Å². The summed E-state index contributed by atoms with van der Waals surface area (Å²) in [5.74, 6) is 0.900. The molecule has 16 heavy (non-hydrogen) atoms. The molecule has 0 unspecified atom stereocenters. The van der Waals surface area contributed by atoms with Gasteiger partial charge in [-0.3, -0.25) is 4.90 Å². The van der Waals surface area contributed by atoms with Crippen LogP contribution in [0.25, 0.3) is 0 Å². The Hall–Kier alpha value is -0.820. The van der Waals surface area contributed by atoms with Gasteiger partial charge in [-0.05, 0) is 51.3 Å². The Kier molecular flexibility index (Phi) is 3.34. The Bertz CT molecular complexity index is 321. The standard InChI is InChI=1S/C15H23N/c1-13-9-11-15(12-10-13,16(2)3)14-7-5-4-6-8-14/h4-8,13H,9-12H2,1-3H3. The largest absolute Gasteiger partial charge is 0.300 e. The molecule has 0 radical (unpaired) electrons. The fourth-order valence-corrected chi connectivity index (χ4v) is 2.98. The molecule has 1 aliphatic rings. The lowest BCUT2D eigenvalue weighted by Gasteiger charge is -2.45. The molecule has 0 N–H and O–H groups in total. The van der Waals surface area contributed by atoms with E-state index in [4.69, 9.17) is 0 Å². The molecule has 0 heterocycles. The summed E-state index contributed by atoms with van der Waals surface area (Å²) in [6.45, 7) is 2.38. The normalized spacial score (nSPS) is 30.6. The Balaban J connectivity index is 2.30. The summed E-state index contributed by atoms with van der Waals surface area (Å²) in [4.78, 5) is 2.42. The molecule has 0 saturated heterocycles. The van der Waals surface area contributed by atoms with Crippen molar-refractivity contribution < 1.29 is 0 Å². The first-order valence-corrected chi connectivity index (χ1v) is 6.38. The smallest absolute Gasteiger partial charge is 0.0455 e. The van der Waals surface area contributed by atoms with Crippen molar-refractivity contribution in [3.05, 3.63) is 35.9 Å². The maximum absolute atomic E-state index is 2.42. The first-order chi connectivity index (χ1) is 7.65. The van der Waals surface area contributed by atoms with E-state index in [1.165, 1.54) is 31.2 Å². The second-order valence-corrected chi connectivity index (χ2v) is 5.47. The molecule has 1 fully saturated rings. The van der Waals surface area contributed by atoms with E-state index >= 15 is 0 Å². The van der Waals surface area contributed by atoms with E-state index in [0.29, 0.717) is 0 Å². The Morgan fingerprint density at radius 2 is 1.62 bits per heavy atom. The minimum absolute atomic E-state index is 0.285. The maximum Gasteiger partial charge on any atom is 0.0455 e. The first-order valence-electron chi connectivity index (χ1n) is 6.38. The molecule has 1 heteroatoms. The van der Waals surface area contributed by atoms with Crippen LogP contribution in [0.3, 0.4) is 0 Å². The summed E-state index contributed by atoms with van der Waals surface area (Å²) in [5, 5.41) is 0. The van der Waals surface area contributed by atoms with Gasteiger partial charge in [0.2, 0.25) is 0 Å². The van der Waals surface area contributed by atoms with Crippen molar-refractivity contribution in [3.63, 3.8) is 0 Å². The molecule has 88 valence electrons. The number of rotatable bonds is 2. The fraction of sp³-hybridized carbons (Fsp3) is 0.600. The van der Waals surface area contributed by atoms with Gasteiger partial charge in [-0.1, -0.05) is 37.3 Å². The molecule has 0 amide bonds. The number of hydrogen-bond acceptors (Lipinski definition) is 1. The average Bonchev–Trinajstić information content (AvgIpc) is 2.31. The van der Waals surface area contributed by atoms with Crippen LogP contribution in [0.2, 0.25) is 0 Å². The molecule has 0 bridgehead atoms. The lowest BCUT2D eigenvalue weighted by molar-refractivity contribution is 0.0810. The van der Waals surface area contributed by atoms with Crippen molar-refractivity contribution in [3.8, 4) is 0 Å². The predicted molar refractivity (Wildman–Crippen MR) is 69.4 cm³/mol. The van der Waals surface area contributed by atoms with Crippen molar-refractivity contribution >= 4 is 0 Å². The second kappa shape index (κ2) is 4.58. The lowest BCUT2D eigenvalue weighted by Crippen LogP contribution is -2.44. The van der Waals surface area contributed by atoms with E-state index in [1.54, 1.807) is 0 Å². The molecule has 0 aliphatic heterocycles. The highest BCUT2D eigenvalue weighted by atomic mass is 15.1. The van der Waals surface area contributed by atoms with Gasteiger partial charge in [0.05, 0.1) is 0 Å². The van der Waals surface area contributed by atoms with Gasteiger partial charge < -0.3 is 0 Å². The van der Waals surface area contributed by atoms with Gasteiger partial charge >= 0.3 is 0 Å². The minimum Gasteiger partial charge on any atom is -0.300 e. The van der Waals surface area contributed by atoms with Crippen molar-refractivity contribution in [2.75, 3.05) is 14.1 Å². The molecule has 1 nitrogen and oxygen atoms in total. The van der Waals surface area contributed by atoms with Crippen molar-refractivity contribution in [1.82, 2.24) is 4.90 Å². The second-order valence-electron chi connectivity index (χ2n) is 5.47. The molecule has 1 aromatic carbocycles. The maximum atomic E-state index is 2.42. The fourth-order valence-electron chi connectivity index (χ4n) is 2.98. The van der Waals surface area contributed by atoms with Gasteiger partial charge in [-0.2, -0.15) is 0 Å². The van der Waals surface area contributed by atoms with Gasteiger partial charge in [0.25, 0.3) is 0 Å². The van der Waals surface area contributed by atoms with Crippen molar-refractivity contribution in [2.45, 2.75) is 38.1 Å². The summed E-state index contributed by atoms with van der Waals surface area (Å²) in [5.41, 5.74) is 1.78. The van der Waals surface area contributed by atoms with Crippen LogP contribution in [0.4, 0.5) is 0 Å². The van der Waals surface area contributed by atoms with Gasteiger partial charge in [-0.25, -0.2) is 0 Å². The monoisotopic (exact) mass is 217 g/mol. The average molecular weight is 217 g/mol. The summed E-state index contributed by atoms with van der Waals surface area (Å²) < 4.78 is 0. The summed E-state index contributed by atoms with van der Waals surface area (Å²) >= 11 is 0. The molecular weight excluding hydrogens is 194 g/mol. The minimum atomic E-state index is 0.285. The van der Waals surface area contributed by atoms with Crippen LogP contribution in [0.15, 0.2) is 30.3 Å². The van der Waals surface area contributed by atoms with Crippen molar-refractivity contribution in [1.29, 1.82) is 0 Å².